The van der Waals surface area contributed by atoms with Gasteiger partial charge >= 0.3 is 0 Å². The van der Waals surface area contributed by atoms with E-state index in [4.69, 9.17) is 11.6 Å². The van der Waals surface area contributed by atoms with Gasteiger partial charge in [0, 0.05) is 5.38 Å². The van der Waals surface area contributed by atoms with Crippen LogP contribution in [-0.2, 0) is 0 Å². The van der Waals surface area contributed by atoms with Gasteiger partial charge in [-0.1, -0.05) is 70.0 Å². The Labute approximate surface area is 99.7 Å². The molecule has 86 valence electrons. The molecule has 0 saturated carbocycles. The van der Waals surface area contributed by atoms with Gasteiger partial charge in [-0.05, 0) is 12.3 Å². The monoisotopic (exact) mass is 226 g/mol. The molecule has 0 saturated heterocycles. The van der Waals surface area contributed by atoms with E-state index in [0.717, 1.165) is 0 Å². The number of rotatable bonds is 4. The van der Waals surface area contributed by atoms with E-state index in [-0.39, 0.29) is 0 Å². The van der Waals surface area contributed by atoms with Gasteiger partial charge in [0.1, 0.15) is 0 Å². The van der Waals surface area contributed by atoms with Crippen LogP contribution in [-0.4, -0.2) is 5.38 Å². The molecule has 0 fully saturated rings. The zero-order valence-electron chi connectivity index (χ0n) is 10.1. The fraction of sp³-hybridized carbons (Fsp3) is 0.571. The van der Waals surface area contributed by atoms with E-state index in [9.17, 15) is 0 Å². The molecule has 0 bridgehead atoms. The van der Waals surface area contributed by atoms with Gasteiger partial charge in [0.15, 0.2) is 0 Å². The maximum Gasteiger partial charge on any atom is 0.0359 e. The molecule has 0 heterocycles. The maximum atomic E-state index is 5.99. The molecule has 1 rings (SSSR count). The topological polar surface area (TPSA) is 0 Å². The van der Waals surface area contributed by atoms with Gasteiger partial charge in [-0.25, -0.2) is 0 Å². The van der Waals surface area contributed by atoms with Crippen LogP contribution < -0.4 is 0 Å². The molecule has 1 heteroatoms. The van der Waals surface area contributed by atoms with Crippen molar-refractivity contribution < 1.29 is 0 Å². The molecule has 0 aliphatic heterocycles. The molecule has 15 heavy (non-hydrogen) atoms. The summed E-state index contributed by atoms with van der Waals surface area (Å²) in [6, 6.07) is 12.0. The van der Waals surface area contributed by atoms with Crippen LogP contribution in [0.25, 0.3) is 0 Å². The lowest BCUT2D eigenvalue weighted by atomic mass is 10.1. The first-order valence-electron chi connectivity index (χ1n) is 5.82. The van der Waals surface area contributed by atoms with E-state index >= 15 is 0 Å². The Bertz CT molecular complexity index is 179. The molecule has 0 spiro atoms. The van der Waals surface area contributed by atoms with E-state index in [1.165, 1.54) is 19.3 Å². The van der Waals surface area contributed by atoms with E-state index in [1.54, 1.807) is 0 Å². The smallest absolute Gasteiger partial charge is 0.0359 e. The number of benzene rings is 1. The normalized spacial score (nSPS) is 11.8. The Hall–Kier alpha value is -0.490. The third-order valence-corrected chi connectivity index (χ3v) is 2.95. The van der Waals surface area contributed by atoms with Crippen LogP contribution in [0, 0.1) is 5.92 Å². The molecule has 0 amide bonds. The number of hydrogen-bond donors (Lipinski definition) is 0. The first-order valence-corrected chi connectivity index (χ1v) is 6.26. The van der Waals surface area contributed by atoms with Gasteiger partial charge < -0.3 is 0 Å². The van der Waals surface area contributed by atoms with Crippen molar-refractivity contribution >= 4 is 11.6 Å². The second-order valence-corrected chi connectivity index (χ2v) is 4.62. The van der Waals surface area contributed by atoms with Gasteiger partial charge in [0.2, 0.25) is 0 Å². The fourth-order valence-electron chi connectivity index (χ4n) is 1.12. The molecule has 0 aliphatic rings. The van der Waals surface area contributed by atoms with Crippen LogP contribution >= 0.6 is 11.6 Å². The van der Waals surface area contributed by atoms with Crippen LogP contribution in [0.15, 0.2) is 36.4 Å². The summed E-state index contributed by atoms with van der Waals surface area (Å²) in [6.07, 6.45) is 3.71. The molecule has 0 N–H and O–H groups in total. The first kappa shape index (κ1) is 14.5. The molecule has 1 unspecified atom stereocenters. The van der Waals surface area contributed by atoms with Crippen LogP contribution in [0.1, 0.15) is 40.0 Å². The SMILES string of the molecule is CCCCC(Cl)C(C)C.c1ccccc1. The standard InChI is InChI=1S/C8H17Cl.C6H6/c1-4-5-6-8(9)7(2)3;1-2-4-6-5-3-1/h7-8H,4-6H2,1-3H3;1-6H. The molecular weight excluding hydrogens is 204 g/mol. The number of hydrogen-bond acceptors (Lipinski definition) is 0. The Balaban J connectivity index is 0.000000280. The van der Waals surface area contributed by atoms with Crippen molar-refractivity contribution in [2.45, 2.75) is 45.4 Å². The average Bonchev–Trinajstić information content (AvgIpc) is 2.29. The molecule has 0 nitrogen and oxygen atoms in total. The van der Waals surface area contributed by atoms with Crippen molar-refractivity contribution in [3.8, 4) is 0 Å². The van der Waals surface area contributed by atoms with Crippen LogP contribution in [0.2, 0.25) is 0 Å². The predicted octanol–water partition coefficient (Wildman–Crippen LogP) is 5.13. The fourth-order valence-corrected chi connectivity index (χ4v) is 1.27. The largest absolute Gasteiger partial charge is 0.123 e. The van der Waals surface area contributed by atoms with Crippen molar-refractivity contribution in [2.24, 2.45) is 5.92 Å². The summed E-state index contributed by atoms with van der Waals surface area (Å²) in [4.78, 5) is 0. The van der Waals surface area contributed by atoms with E-state index in [2.05, 4.69) is 20.8 Å². The minimum Gasteiger partial charge on any atom is -0.123 e. The molecule has 0 radical (unpaired) electrons. The zero-order valence-corrected chi connectivity index (χ0v) is 10.9. The summed E-state index contributed by atoms with van der Waals surface area (Å²) in [7, 11) is 0. The maximum absolute atomic E-state index is 5.99. The lowest BCUT2D eigenvalue weighted by Gasteiger charge is -2.11. The first-order chi connectivity index (χ1) is 7.18. The molecule has 0 aromatic heterocycles. The minimum atomic E-state index is 0.393. The summed E-state index contributed by atoms with van der Waals surface area (Å²) in [5.74, 6) is 0.637. The average molecular weight is 227 g/mol. The Morgan fingerprint density at radius 1 is 0.933 bits per heavy atom. The molecular formula is C14H23Cl. The summed E-state index contributed by atoms with van der Waals surface area (Å²) < 4.78 is 0. The molecule has 1 atom stereocenters. The van der Waals surface area contributed by atoms with E-state index in [1.807, 2.05) is 36.4 Å². The number of halogens is 1. The van der Waals surface area contributed by atoms with Crippen LogP contribution in [0.3, 0.4) is 0 Å². The summed E-state index contributed by atoms with van der Waals surface area (Å²) in [5.41, 5.74) is 0. The zero-order chi connectivity index (χ0) is 11.5. The van der Waals surface area contributed by atoms with Crippen molar-refractivity contribution in [2.75, 3.05) is 0 Å². The third-order valence-electron chi connectivity index (χ3n) is 2.22. The predicted molar refractivity (Wildman–Crippen MR) is 70.4 cm³/mol. The van der Waals surface area contributed by atoms with Gasteiger partial charge in [0.05, 0.1) is 0 Å². The number of unbranched alkanes of at least 4 members (excludes halogenated alkanes) is 1. The highest BCUT2D eigenvalue weighted by Gasteiger charge is 2.07. The highest BCUT2D eigenvalue weighted by atomic mass is 35.5. The Morgan fingerprint density at radius 3 is 1.60 bits per heavy atom. The highest BCUT2D eigenvalue weighted by Crippen LogP contribution is 2.15. The van der Waals surface area contributed by atoms with Gasteiger partial charge in [-0.3, -0.25) is 0 Å². The summed E-state index contributed by atoms with van der Waals surface area (Å²) in [5, 5.41) is 0.393. The number of alkyl halides is 1. The Kier molecular flexibility index (Phi) is 9.71. The molecule has 1 aromatic carbocycles. The van der Waals surface area contributed by atoms with Crippen molar-refractivity contribution in [1.82, 2.24) is 0 Å². The second-order valence-electron chi connectivity index (χ2n) is 4.06. The quantitative estimate of drug-likeness (QED) is 0.625. The van der Waals surface area contributed by atoms with Gasteiger partial charge in [-0.15, -0.1) is 11.6 Å². The lowest BCUT2D eigenvalue weighted by Crippen LogP contribution is -2.06. The molecule has 1 aromatic rings. The van der Waals surface area contributed by atoms with Crippen LogP contribution in [0.4, 0.5) is 0 Å². The second kappa shape index (κ2) is 10.0. The van der Waals surface area contributed by atoms with Crippen molar-refractivity contribution in [3.05, 3.63) is 36.4 Å². The molecule has 0 aliphatic carbocycles. The summed E-state index contributed by atoms with van der Waals surface area (Å²) in [6.45, 7) is 6.55. The third kappa shape index (κ3) is 9.81. The van der Waals surface area contributed by atoms with Crippen molar-refractivity contribution in [1.29, 1.82) is 0 Å². The van der Waals surface area contributed by atoms with E-state index < -0.39 is 0 Å². The van der Waals surface area contributed by atoms with Gasteiger partial charge in [-0.2, -0.15) is 0 Å². The van der Waals surface area contributed by atoms with Crippen molar-refractivity contribution in [3.63, 3.8) is 0 Å². The summed E-state index contributed by atoms with van der Waals surface area (Å²) >= 11 is 5.99. The Morgan fingerprint density at radius 2 is 1.33 bits per heavy atom. The minimum absolute atomic E-state index is 0.393. The van der Waals surface area contributed by atoms with Crippen LogP contribution in [0.5, 0.6) is 0 Å². The van der Waals surface area contributed by atoms with E-state index in [0.29, 0.717) is 11.3 Å². The van der Waals surface area contributed by atoms with Gasteiger partial charge in [0.25, 0.3) is 0 Å². The highest BCUT2D eigenvalue weighted by molar-refractivity contribution is 6.20. The lowest BCUT2D eigenvalue weighted by molar-refractivity contribution is 0.543.